The van der Waals surface area contributed by atoms with E-state index in [9.17, 15) is 19.5 Å². The van der Waals surface area contributed by atoms with Crippen molar-refractivity contribution in [3.8, 4) is 11.1 Å². The van der Waals surface area contributed by atoms with Crippen LogP contribution in [0, 0.1) is 0 Å². The van der Waals surface area contributed by atoms with Gasteiger partial charge in [-0.2, -0.15) is 0 Å². The smallest absolute Gasteiger partial charge is 0.305 e. The summed E-state index contributed by atoms with van der Waals surface area (Å²) in [5.74, 6) is -0.665. The predicted molar refractivity (Wildman–Crippen MR) is 156 cm³/mol. The molecule has 0 bridgehead atoms. The van der Waals surface area contributed by atoms with Gasteiger partial charge in [-0.3, -0.25) is 14.4 Å². The standard InChI is InChI=1S/C32H38N4O4/c37-29(14-6-10-22-34-28-13-5-9-21-33-28)36-32(19-7-2-8-20-32)31(40)35-27(23-30(38)39)26-17-15-25(16-18-26)24-11-3-1-4-12-24/h1,3-5,9,11-13,15-18,21,27H,2,6-8,10,14,19-20,22-23H2,(H,33,34)(H,35,40)(H,36,37)(H,38,39). The third-order valence-corrected chi connectivity index (χ3v) is 7.43. The number of nitrogens with zero attached hydrogens (tertiary/aromatic N) is 1. The van der Waals surface area contributed by atoms with Gasteiger partial charge in [0.2, 0.25) is 11.8 Å². The molecule has 3 aromatic rings. The minimum atomic E-state index is -1.03. The summed E-state index contributed by atoms with van der Waals surface area (Å²) in [6.45, 7) is 0.704. The summed E-state index contributed by atoms with van der Waals surface area (Å²) in [6, 6.07) is 22.5. The van der Waals surface area contributed by atoms with Crippen molar-refractivity contribution >= 4 is 23.6 Å². The summed E-state index contributed by atoms with van der Waals surface area (Å²) in [5, 5.41) is 18.9. The van der Waals surface area contributed by atoms with Gasteiger partial charge in [0.25, 0.3) is 0 Å². The minimum absolute atomic E-state index is 0.156. The quantitative estimate of drug-likeness (QED) is 0.212. The van der Waals surface area contributed by atoms with E-state index in [4.69, 9.17) is 0 Å². The van der Waals surface area contributed by atoms with Crippen LogP contribution < -0.4 is 16.0 Å². The molecule has 1 aromatic heterocycles. The molecule has 4 rings (SSSR count). The highest BCUT2D eigenvalue weighted by atomic mass is 16.4. The molecule has 1 heterocycles. The zero-order chi connectivity index (χ0) is 28.2. The Balaban J connectivity index is 1.37. The van der Waals surface area contributed by atoms with Crippen molar-refractivity contribution in [3.63, 3.8) is 0 Å². The van der Waals surface area contributed by atoms with E-state index in [0.29, 0.717) is 37.8 Å². The molecule has 8 nitrogen and oxygen atoms in total. The summed E-state index contributed by atoms with van der Waals surface area (Å²) in [7, 11) is 0. The highest BCUT2D eigenvalue weighted by molar-refractivity contribution is 5.92. The van der Waals surface area contributed by atoms with Gasteiger partial charge in [0.1, 0.15) is 11.4 Å². The second-order valence-corrected chi connectivity index (χ2v) is 10.4. The molecule has 4 N–H and O–H groups in total. The molecule has 0 spiro atoms. The summed E-state index contributed by atoms with van der Waals surface area (Å²) in [5.41, 5.74) is 1.76. The van der Waals surface area contributed by atoms with Crippen LogP contribution in [0.1, 0.15) is 69.4 Å². The van der Waals surface area contributed by atoms with E-state index in [2.05, 4.69) is 20.9 Å². The third-order valence-electron chi connectivity index (χ3n) is 7.43. The number of carboxylic acid groups (broad SMARTS) is 1. The van der Waals surface area contributed by atoms with Gasteiger partial charge < -0.3 is 21.1 Å². The molecule has 40 heavy (non-hydrogen) atoms. The van der Waals surface area contributed by atoms with Crippen molar-refractivity contribution in [2.24, 2.45) is 0 Å². The fourth-order valence-electron chi connectivity index (χ4n) is 5.25. The van der Waals surface area contributed by atoms with E-state index >= 15 is 0 Å². The molecule has 1 aliphatic carbocycles. The van der Waals surface area contributed by atoms with Crippen molar-refractivity contribution < 1.29 is 19.5 Å². The summed E-state index contributed by atoms with van der Waals surface area (Å²) in [4.78, 5) is 42.6. The van der Waals surface area contributed by atoms with E-state index < -0.39 is 17.6 Å². The van der Waals surface area contributed by atoms with Gasteiger partial charge in [-0.05, 0) is 54.5 Å². The second-order valence-electron chi connectivity index (χ2n) is 10.4. The molecule has 2 amide bonds. The predicted octanol–water partition coefficient (Wildman–Crippen LogP) is 5.48. The lowest BCUT2D eigenvalue weighted by atomic mass is 9.80. The number of pyridine rings is 1. The fraction of sp³-hybridized carbons (Fsp3) is 0.375. The van der Waals surface area contributed by atoms with Crippen molar-refractivity contribution in [2.75, 3.05) is 11.9 Å². The lowest BCUT2D eigenvalue weighted by Crippen LogP contribution is -2.60. The molecule has 0 radical (unpaired) electrons. The summed E-state index contributed by atoms with van der Waals surface area (Å²) in [6.07, 6.45) is 7.02. The van der Waals surface area contributed by atoms with Crippen molar-refractivity contribution in [3.05, 3.63) is 84.6 Å². The third kappa shape index (κ3) is 8.15. The van der Waals surface area contributed by atoms with E-state index in [1.165, 1.54) is 0 Å². The Morgan fingerprint density at radius 2 is 1.55 bits per heavy atom. The number of carbonyl (C=O) groups is 3. The summed E-state index contributed by atoms with van der Waals surface area (Å²) < 4.78 is 0. The highest BCUT2D eigenvalue weighted by Crippen LogP contribution is 2.31. The van der Waals surface area contributed by atoms with Gasteiger partial charge in [-0.15, -0.1) is 0 Å². The van der Waals surface area contributed by atoms with Crippen LogP contribution in [0.2, 0.25) is 0 Å². The fourth-order valence-corrected chi connectivity index (χ4v) is 5.25. The Bertz CT molecular complexity index is 1240. The number of anilines is 1. The number of unbranched alkanes of at least 4 members (excludes halogenated alkanes) is 1. The Morgan fingerprint density at radius 3 is 2.23 bits per heavy atom. The maximum absolute atomic E-state index is 13.7. The molecule has 1 atom stereocenters. The van der Waals surface area contributed by atoms with E-state index in [1.54, 1.807) is 6.20 Å². The Morgan fingerprint density at radius 1 is 0.850 bits per heavy atom. The second kappa shape index (κ2) is 14.3. The normalized spacial score (nSPS) is 15.0. The first-order chi connectivity index (χ1) is 19.4. The topological polar surface area (TPSA) is 120 Å². The van der Waals surface area contributed by atoms with Crippen molar-refractivity contribution in [1.82, 2.24) is 15.6 Å². The zero-order valence-electron chi connectivity index (χ0n) is 22.8. The molecule has 1 unspecified atom stereocenters. The van der Waals surface area contributed by atoms with Crippen LogP contribution in [-0.4, -0.2) is 40.0 Å². The molecule has 8 heteroatoms. The zero-order valence-corrected chi connectivity index (χ0v) is 22.8. The lowest BCUT2D eigenvalue weighted by Gasteiger charge is -2.38. The number of carbonyl (C=O) groups excluding carboxylic acids is 2. The monoisotopic (exact) mass is 542 g/mol. The molecule has 1 aliphatic rings. The van der Waals surface area contributed by atoms with Gasteiger partial charge in [0.15, 0.2) is 0 Å². The number of rotatable bonds is 13. The van der Waals surface area contributed by atoms with E-state index in [1.807, 2.05) is 72.8 Å². The van der Waals surface area contributed by atoms with Crippen LogP contribution in [-0.2, 0) is 14.4 Å². The molecule has 1 saturated carbocycles. The van der Waals surface area contributed by atoms with Crippen LogP contribution >= 0.6 is 0 Å². The number of aliphatic carboxylic acids is 1. The number of amides is 2. The van der Waals surface area contributed by atoms with Crippen molar-refractivity contribution in [1.29, 1.82) is 0 Å². The average molecular weight is 543 g/mol. The molecular weight excluding hydrogens is 504 g/mol. The summed E-state index contributed by atoms with van der Waals surface area (Å²) >= 11 is 0. The van der Waals surface area contributed by atoms with Crippen LogP contribution in [0.3, 0.4) is 0 Å². The number of benzene rings is 2. The number of hydrogen-bond acceptors (Lipinski definition) is 5. The van der Waals surface area contributed by atoms with Crippen molar-refractivity contribution in [2.45, 2.75) is 69.4 Å². The number of nitrogens with one attached hydrogen (secondary N) is 3. The van der Waals surface area contributed by atoms with E-state index in [0.717, 1.165) is 42.6 Å². The number of hydrogen-bond donors (Lipinski definition) is 4. The van der Waals surface area contributed by atoms with Crippen LogP contribution in [0.5, 0.6) is 0 Å². The van der Waals surface area contributed by atoms with Gasteiger partial charge in [0, 0.05) is 19.2 Å². The molecule has 2 aromatic carbocycles. The Kier molecular flexibility index (Phi) is 10.3. The van der Waals surface area contributed by atoms with Crippen LogP contribution in [0.15, 0.2) is 79.0 Å². The maximum atomic E-state index is 13.7. The molecule has 0 aliphatic heterocycles. The lowest BCUT2D eigenvalue weighted by molar-refractivity contribution is -0.139. The van der Waals surface area contributed by atoms with Gasteiger partial charge >= 0.3 is 5.97 Å². The molecule has 210 valence electrons. The number of carboxylic acids is 1. The first-order valence-electron chi connectivity index (χ1n) is 14.1. The van der Waals surface area contributed by atoms with Crippen LogP contribution in [0.25, 0.3) is 11.1 Å². The SMILES string of the molecule is O=C(O)CC(NC(=O)C1(NC(=O)CCCCNc2ccccn2)CCCCC1)c1ccc(-c2ccccc2)cc1. The van der Waals surface area contributed by atoms with Gasteiger partial charge in [-0.1, -0.05) is 79.9 Å². The number of aromatic nitrogens is 1. The minimum Gasteiger partial charge on any atom is -0.481 e. The molecular formula is C32H38N4O4. The molecule has 1 fully saturated rings. The Labute approximate surface area is 235 Å². The van der Waals surface area contributed by atoms with Gasteiger partial charge in [0.05, 0.1) is 12.5 Å². The first kappa shape index (κ1) is 28.8. The molecule has 0 saturated heterocycles. The average Bonchev–Trinajstić information content (AvgIpc) is 2.98. The highest BCUT2D eigenvalue weighted by Gasteiger charge is 2.41. The first-order valence-corrected chi connectivity index (χ1v) is 14.1. The van der Waals surface area contributed by atoms with Crippen LogP contribution in [0.4, 0.5) is 5.82 Å². The Hall–Kier alpha value is -4.20. The maximum Gasteiger partial charge on any atom is 0.305 e. The largest absolute Gasteiger partial charge is 0.481 e. The van der Waals surface area contributed by atoms with Gasteiger partial charge in [-0.25, -0.2) is 4.98 Å². The van der Waals surface area contributed by atoms with E-state index in [-0.39, 0.29) is 18.2 Å².